The van der Waals surface area contributed by atoms with Gasteiger partial charge >= 0.3 is 0 Å². The van der Waals surface area contributed by atoms with Crippen molar-refractivity contribution in [2.45, 2.75) is 218 Å². The Morgan fingerprint density at radius 3 is 1.62 bits per heavy atom. The van der Waals surface area contributed by atoms with Gasteiger partial charge in [-0.15, -0.1) is 0 Å². The number of benzene rings is 5. The van der Waals surface area contributed by atoms with Crippen LogP contribution in [-0.2, 0) is 69.8 Å². The molecule has 6 heterocycles. The first-order valence-electron chi connectivity index (χ1n) is 29.6. The third kappa shape index (κ3) is 11.9. The predicted molar refractivity (Wildman–Crippen MR) is 318 cm³/mol. The summed E-state index contributed by atoms with van der Waals surface area (Å²) < 4.78 is 102. The molecule has 6 aliphatic heterocycles. The van der Waals surface area contributed by atoms with Crippen LogP contribution in [0.3, 0.4) is 0 Å². The molecule has 12 nitrogen and oxygen atoms in total. The third-order valence-electron chi connectivity index (χ3n) is 18.4. The molecule has 0 bridgehead atoms. The summed E-state index contributed by atoms with van der Waals surface area (Å²) in [4.78, 5) is -1.53. The fourth-order valence-electron chi connectivity index (χ4n) is 14.2. The van der Waals surface area contributed by atoms with Crippen LogP contribution in [0, 0.1) is 0 Å². The molecule has 6 aliphatic rings. The summed E-state index contributed by atoms with van der Waals surface area (Å²) in [7, 11) is -9.62. The highest BCUT2D eigenvalue weighted by molar-refractivity contribution is 7.93. The van der Waals surface area contributed by atoms with Gasteiger partial charge in [0.2, 0.25) is 14.8 Å². The molecule has 0 unspecified atom stereocenters. The van der Waals surface area contributed by atoms with Crippen molar-refractivity contribution in [1.82, 2.24) is 0 Å². The van der Waals surface area contributed by atoms with Gasteiger partial charge in [0, 0.05) is 45.1 Å². The van der Waals surface area contributed by atoms with Crippen LogP contribution in [0.2, 0.25) is 24.7 Å². The first-order chi connectivity index (χ1) is 38.6. The molecule has 0 radical (unpaired) electrons. The average molecular weight is 1160 g/mol. The van der Waals surface area contributed by atoms with Crippen LogP contribution in [0.15, 0.2) is 157 Å². The van der Waals surface area contributed by atoms with E-state index in [1.54, 1.807) is 24.3 Å². The lowest BCUT2D eigenvalue weighted by atomic mass is 9.80. The van der Waals surface area contributed by atoms with E-state index in [4.69, 9.17) is 46.7 Å². The van der Waals surface area contributed by atoms with E-state index in [-0.39, 0.29) is 71.8 Å². The lowest BCUT2D eigenvalue weighted by Crippen LogP contribution is -2.67. The number of ether oxygens (including phenoxy) is 8. The van der Waals surface area contributed by atoms with E-state index in [1.807, 2.05) is 61.5 Å². The largest absolute Gasteiger partial charge is 0.410 e. The monoisotopic (exact) mass is 1160 g/mol. The quantitative estimate of drug-likeness (QED) is 0.0443. The van der Waals surface area contributed by atoms with Crippen molar-refractivity contribution in [3.8, 4) is 0 Å². The molecule has 5 aromatic carbocycles. The minimum absolute atomic E-state index is 0.0229. The van der Waals surface area contributed by atoms with Crippen molar-refractivity contribution < 1.29 is 55.2 Å². The van der Waals surface area contributed by atoms with Gasteiger partial charge in [0.05, 0.1) is 97.0 Å². The fourth-order valence-corrected chi connectivity index (χ4v) is 22.6. The number of hydrogen-bond acceptors (Lipinski definition) is 12. The first kappa shape index (κ1) is 58.8. The first-order valence-corrected chi connectivity index (χ1v) is 36.4. The van der Waals surface area contributed by atoms with Crippen molar-refractivity contribution in [3.05, 3.63) is 163 Å². The lowest BCUT2D eigenvalue weighted by molar-refractivity contribution is -0.321. The highest BCUT2D eigenvalue weighted by Gasteiger charge is 2.77. The Kier molecular flexibility index (Phi) is 16.8. The zero-order chi connectivity index (χ0) is 56.9. The fraction of sp³-hybridized carbons (Fsp3) is 0.545. The van der Waals surface area contributed by atoms with Crippen LogP contribution >= 0.6 is 0 Å². The zero-order valence-electron chi connectivity index (χ0n) is 49.0. The van der Waals surface area contributed by atoms with Gasteiger partial charge in [-0.25, -0.2) is 8.42 Å². The highest BCUT2D eigenvalue weighted by atomic mass is 32.2. The molecule has 0 saturated carbocycles. The molecule has 0 N–H and O–H groups in total. The Bertz CT molecular complexity index is 2950. The van der Waals surface area contributed by atoms with E-state index in [2.05, 4.69) is 127 Å². The molecule has 0 aromatic heterocycles. The maximum atomic E-state index is 15.7. The zero-order valence-corrected chi connectivity index (χ0v) is 51.8. The second kappa shape index (κ2) is 23.2. The van der Waals surface area contributed by atoms with E-state index in [0.29, 0.717) is 64.8 Å². The number of sulfone groups is 1. The summed E-state index contributed by atoms with van der Waals surface area (Å²) in [5, 5.41) is 1.86. The molecule has 0 spiro atoms. The molecule has 11 rings (SSSR count). The molecule has 81 heavy (non-hydrogen) atoms. The molecule has 6 saturated heterocycles. The molecule has 436 valence electrons. The van der Waals surface area contributed by atoms with Gasteiger partial charge in [0.15, 0.2) is 8.32 Å². The van der Waals surface area contributed by atoms with Crippen LogP contribution in [0.25, 0.3) is 0 Å². The Hall–Kier alpha value is -3.92. The van der Waals surface area contributed by atoms with E-state index in [0.717, 1.165) is 21.5 Å². The van der Waals surface area contributed by atoms with Crippen molar-refractivity contribution in [3.63, 3.8) is 0 Å². The van der Waals surface area contributed by atoms with Gasteiger partial charge in [0.1, 0.15) is 5.60 Å². The van der Waals surface area contributed by atoms with Crippen molar-refractivity contribution in [2.75, 3.05) is 13.2 Å². The van der Waals surface area contributed by atoms with Crippen LogP contribution in [-0.4, -0.2) is 121 Å². The molecule has 6 fully saturated rings. The molecule has 15 heteroatoms. The van der Waals surface area contributed by atoms with Gasteiger partial charge in [-0.2, -0.15) is 0 Å². The summed E-state index contributed by atoms with van der Waals surface area (Å²) in [6.45, 7) is 21.0. The minimum Gasteiger partial charge on any atom is -0.410 e. The van der Waals surface area contributed by atoms with Crippen molar-refractivity contribution >= 4 is 36.8 Å². The van der Waals surface area contributed by atoms with Crippen LogP contribution in [0.1, 0.15) is 104 Å². The Balaban J connectivity index is 0.845. The normalized spacial score (nSPS) is 34.2. The smallest absolute Gasteiger partial charge is 0.261 e. The number of epoxide rings is 1. The van der Waals surface area contributed by atoms with Crippen LogP contribution < -0.4 is 10.4 Å². The Morgan fingerprint density at radius 2 is 1.07 bits per heavy atom. The number of hydrogen-bond donors (Lipinski definition) is 0. The van der Waals surface area contributed by atoms with Crippen molar-refractivity contribution in [1.29, 1.82) is 0 Å². The third-order valence-corrected chi connectivity index (χ3v) is 26.9. The average Bonchev–Trinajstić information content (AvgIpc) is 1.77. The topological polar surface area (TPSA) is 130 Å². The summed E-state index contributed by atoms with van der Waals surface area (Å²) in [6, 6.07) is 50.1. The van der Waals surface area contributed by atoms with Gasteiger partial charge in [-0.1, -0.05) is 160 Å². The van der Waals surface area contributed by atoms with Crippen LogP contribution in [0.4, 0.5) is 0 Å². The van der Waals surface area contributed by atoms with E-state index < -0.39 is 60.4 Å². The van der Waals surface area contributed by atoms with Gasteiger partial charge < -0.3 is 46.7 Å². The maximum Gasteiger partial charge on any atom is 0.261 e. The number of rotatable bonds is 19. The SMILES string of the molecule is CC(C)(C)[Si](OC[C@@]1(C)O[C@@]1(C[C@@H]1O[C@@H]2C[C@@H]3O[C@@H]4C[C@@H]5O[C@](C)(CCOCc6ccccc6)[C@@H](OCc6ccccc6)C[C@H]5O[C@H]4C[C@H]3O[C@H]2CC[C@@]1(C)O[Si](C)(C)C)S(=O)(=O)c1ccccc1)(c1ccccc1)c1ccccc1. The second-order valence-corrected chi connectivity index (χ2v) is 37.3. The summed E-state index contributed by atoms with van der Waals surface area (Å²) in [5.74, 6) is 0. The Labute approximate surface area is 484 Å². The van der Waals surface area contributed by atoms with E-state index in [9.17, 15) is 0 Å². The second-order valence-electron chi connectivity index (χ2n) is 26.4. The van der Waals surface area contributed by atoms with E-state index >= 15 is 8.42 Å². The lowest BCUT2D eigenvalue weighted by Gasteiger charge is -2.55. The molecular weight excluding hydrogens is 1070 g/mol. The summed E-state index contributed by atoms with van der Waals surface area (Å²) in [6.07, 6.45) is 1.70. The van der Waals surface area contributed by atoms with Gasteiger partial charge in [-0.3, -0.25) is 0 Å². The summed E-state index contributed by atoms with van der Waals surface area (Å²) >= 11 is 0. The highest BCUT2D eigenvalue weighted by Crippen LogP contribution is 2.60. The van der Waals surface area contributed by atoms with Gasteiger partial charge in [0.25, 0.3) is 8.32 Å². The molecular formula is C66H86O12SSi2. The standard InChI is InChI=1S/C66H86O12SSi2/c1-62(2,3)81(50-31-21-13-22-32-50,51-33-23-14-24-34-51)71-46-65(6)66(77-65,79(67,68)49-29-19-12-20-30-49)43-61-64(5,78-80(7,8)9)36-35-52-53(75-61)39-55-54(72-52)40-56-57(73-55)41-59-58(74-56)42-60(70-45-48-27-17-11-18-28-48)63(4,76-59)37-38-69-44-47-25-15-10-16-26-47/h10-34,52-61H,35-46H2,1-9H3/t52-,53+,54+,55-,56-,57+,58+,59-,60-,61-,63+,64+,65+,66-/m0/s1. The Morgan fingerprint density at radius 1 is 0.593 bits per heavy atom. The molecule has 0 amide bonds. The van der Waals surface area contributed by atoms with Gasteiger partial charge in [-0.05, 0) is 91.9 Å². The predicted octanol–water partition coefficient (Wildman–Crippen LogP) is 11.3. The van der Waals surface area contributed by atoms with Crippen LogP contribution in [0.5, 0.6) is 0 Å². The molecule has 14 atom stereocenters. The molecule has 0 aliphatic carbocycles. The molecule has 5 aromatic rings. The summed E-state index contributed by atoms with van der Waals surface area (Å²) in [5.41, 5.74) is -0.535. The maximum absolute atomic E-state index is 15.7. The van der Waals surface area contributed by atoms with Crippen molar-refractivity contribution in [2.24, 2.45) is 0 Å². The van der Waals surface area contributed by atoms with E-state index in [1.165, 1.54) is 0 Å². The number of fused-ring (bicyclic) bond motifs is 4. The minimum atomic E-state index is -4.20.